The molecule has 1 fully saturated rings. The third kappa shape index (κ3) is 8.27. The number of likely N-dealkylation sites (tertiary alicyclic amines) is 1. The molecule has 25 heavy (non-hydrogen) atoms. The molecule has 0 bridgehead atoms. The van der Waals surface area contributed by atoms with Crippen molar-refractivity contribution in [3.63, 3.8) is 0 Å². The first-order valence-corrected chi connectivity index (χ1v) is 9.27. The van der Waals surface area contributed by atoms with Crippen LogP contribution in [-0.2, 0) is 0 Å². The van der Waals surface area contributed by atoms with Crippen molar-refractivity contribution in [3.8, 4) is 5.75 Å². The average Bonchev–Trinajstić information content (AvgIpc) is 3.07. The van der Waals surface area contributed by atoms with Crippen LogP contribution in [0.3, 0.4) is 0 Å². The first-order valence-electron chi connectivity index (χ1n) is 9.27. The van der Waals surface area contributed by atoms with Gasteiger partial charge < -0.3 is 15.4 Å². The lowest BCUT2D eigenvalue weighted by Crippen LogP contribution is -2.39. The summed E-state index contributed by atoms with van der Waals surface area (Å²) < 4.78 is 5.71. The smallest absolute Gasteiger partial charge is 0.191 e. The van der Waals surface area contributed by atoms with Crippen molar-refractivity contribution in [1.29, 1.82) is 0 Å². The van der Waals surface area contributed by atoms with Gasteiger partial charge in [0, 0.05) is 19.1 Å². The van der Waals surface area contributed by atoms with E-state index in [0.29, 0.717) is 12.6 Å². The van der Waals surface area contributed by atoms with Crippen molar-refractivity contribution in [2.75, 3.05) is 39.3 Å². The summed E-state index contributed by atoms with van der Waals surface area (Å²) in [6.45, 7) is 10.0. The molecule has 1 atom stereocenters. The van der Waals surface area contributed by atoms with Gasteiger partial charge >= 0.3 is 0 Å². The molecular formula is C19H33IN4O. The van der Waals surface area contributed by atoms with E-state index >= 15 is 0 Å². The van der Waals surface area contributed by atoms with Crippen LogP contribution in [-0.4, -0.2) is 56.2 Å². The molecule has 0 spiro atoms. The molecule has 0 aromatic heterocycles. The summed E-state index contributed by atoms with van der Waals surface area (Å²) in [6.07, 6.45) is 3.51. The minimum atomic E-state index is 0. The first-order chi connectivity index (χ1) is 11.8. The lowest BCUT2D eigenvalue weighted by atomic mass is 10.2. The molecule has 1 saturated heterocycles. The van der Waals surface area contributed by atoms with Gasteiger partial charge in [-0.15, -0.1) is 24.0 Å². The third-order valence-electron chi connectivity index (χ3n) is 4.34. The van der Waals surface area contributed by atoms with E-state index in [-0.39, 0.29) is 24.0 Å². The summed E-state index contributed by atoms with van der Waals surface area (Å²) >= 11 is 0. The summed E-state index contributed by atoms with van der Waals surface area (Å²) in [4.78, 5) is 7.29. The minimum absolute atomic E-state index is 0. The molecule has 1 aliphatic rings. The number of likely N-dealkylation sites (N-methyl/N-ethyl adjacent to an activating group) is 1. The van der Waals surface area contributed by atoms with E-state index in [4.69, 9.17) is 9.73 Å². The number of para-hydroxylation sites is 1. The SMILES string of the molecule is CCNC(=NCC1CCCN1CC)NCCCOc1ccccc1.I. The lowest BCUT2D eigenvalue weighted by Gasteiger charge is -2.21. The lowest BCUT2D eigenvalue weighted by molar-refractivity contribution is 0.273. The fourth-order valence-electron chi connectivity index (χ4n) is 3.04. The van der Waals surface area contributed by atoms with Gasteiger partial charge in [0.1, 0.15) is 5.75 Å². The number of rotatable bonds is 9. The number of hydrogen-bond acceptors (Lipinski definition) is 3. The van der Waals surface area contributed by atoms with Crippen LogP contribution in [0, 0.1) is 0 Å². The van der Waals surface area contributed by atoms with E-state index in [1.165, 1.54) is 19.4 Å². The largest absolute Gasteiger partial charge is 0.494 e. The standard InChI is InChI=1S/C19H32N4O.HI/c1-3-20-19(22-16-17-10-8-14-23(17)4-2)21-13-9-15-24-18-11-6-5-7-12-18;/h5-7,11-12,17H,3-4,8-10,13-16H2,1-2H3,(H2,20,21,22);1H. The Bertz CT molecular complexity index is 484. The van der Waals surface area contributed by atoms with E-state index in [1.807, 2.05) is 30.3 Å². The number of halogens is 1. The zero-order valence-electron chi connectivity index (χ0n) is 15.5. The van der Waals surface area contributed by atoms with Crippen molar-refractivity contribution in [3.05, 3.63) is 30.3 Å². The molecular weight excluding hydrogens is 427 g/mol. The molecule has 2 rings (SSSR count). The molecule has 0 saturated carbocycles. The molecule has 142 valence electrons. The molecule has 0 radical (unpaired) electrons. The Morgan fingerprint density at radius 1 is 1.24 bits per heavy atom. The monoisotopic (exact) mass is 460 g/mol. The normalized spacial score (nSPS) is 17.8. The molecule has 2 N–H and O–H groups in total. The number of guanidine groups is 1. The van der Waals surface area contributed by atoms with Gasteiger partial charge in [-0.25, -0.2) is 0 Å². The molecule has 1 unspecified atom stereocenters. The van der Waals surface area contributed by atoms with E-state index in [9.17, 15) is 0 Å². The zero-order chi connectivity index (χ0) is 17.0. The summed E-state index contributed by atoms with van der Waals surface area (Å²) in [7, 11) is 0. The van der Waals surface area contributed by atoms with Gasteiger partial charge in [-0.3, -0.25) is 9.89 Å². The second-order valence-electron chi connectivity index (χ2n) is 6.09. The number of ether oxygens (including phenoxy) is 1. The second kappa shape index (κ2) is 13.2. The number of benzene rings is 1. The second-order valence-corrected chi connectivity index (χ2v) is 6.09. The highest BCUT2D eigenvalue weighted by atomic mass is 127. The summed E-state index contributed by atoms with van der Waals surface area (Å²) in [6, 6.07) is 10.6. The fraction of sp³-hybridized carbons (Fsp3) is 0.632. The van der Waals surface area contributed by atoms with E-state index in [0.717, 1.165) is 44.3 Å². The van der Waals surface area contributed by atoms with Crippen molar-refractivity contribution >= 4 is 29.9 Å². The maximum absolute atomic E-state index is 5.71. The van der Waals surface area contributed by atoms with Gasteiger partial charge in [0.15, 0.2) is 5.96 Å². The Morgan fingerprint density at radius 2 is 2.04 bits per heavy atom. The van der Waals surface area contributed by atoms with Gasteiger partial charge in [-0.2, -0.15) is 0 Å². The van der Waals surface area contributed by atoms with Gasteiger partial charge in [0.2, 0.25) is 0 Å². The maximum Gasteiger partial charge on any atom is 0.191 e. The summed E-state index contributed by atoms with van der Waals surface area (Å²) in [5.41, 5.74) is 0. The van der Waals surface area contributed by atoms with E-state index in [1.54, 1.807) is 0 Å². The van der Waals surface area contributed by atoms with E-state index < -0.39 is 0 Å². The van der Waals surface area contributed by atoms with Gasteiger partial charge in [-0.1, -0.05) is 25.1 Å². The number of aliphatic imine (C=N–C) groups is 1. The van der Waals surface area contributed by atoms with Crippen LogP contribution in [0.5, 0.6) is 5.75 Å². The van der Waals surface area contributed by atoms with Crippen LogP contribution < -0.4 is 15.4 Å². The van der Waals surface area contributed by atoms with Gasteiger partial charge in [0.25, 0.3) is 0 Å². The van der Waals surface area contributed by atoms with Gasteiger partial charge in [0.05, 0.1) is 13.2 Å². The van der Waals surface area contributed by atoms with Crippen LogP contribution >= 0.6 is 24.0 Å². The molecule has 0 amide bonds. The fourth-order valence-corrected chi connectivity index (χ4v) is 3.04. The van der Waals surface area contributed by atoms with Crippen LogP contribution in [0.2, 0.25) is 0 Å². The van der Waals surface area contributed by atoms with E-state index in [2.05, 4.69) is 29.4 Å². The van der Waals surface area contributed by atoms with Crippen molar-refractivity contribution in [2.45, 2.75) is 39.2 Å². The van der Waals surface area contributed by atoms with Crippen molar-refractivity contribution in [2.24, 2.45) is 4.99 Å². The van der Waals surface area contributed by atoms with Crippen molar-refractivity contribution < 1.29 is 4.74 Å². The summed E-state index contributed by atoms with van der Waals surface area (Å²) in [5, 5.41) is 6.73. The predicted octanol–water partition coefficient (Wildman–Crippen LogP) is 3.11. The molecule has 6 heteroatoms. The zero-order valence-corrected chi connectivity index (χ0v) is 17.9. The number of nitrogens with one attached hydrogen (secondary N) is 2. The van der Waals surface area contributed by atoms with Crippen LogP contribution in [0.1, 0.15) is 33.1 Å². The molecule has 1 heterocycles. The number of nitrogens with zero attached hydrogens (tertiary/aromatic N) is 2. The maximum atomic E-state index is 5.71. The Morgan fingerprint density at radius 3 is 2.76 bits per heavy atom. The highest BCUT2D eigenvalue weighted by Gasteiger charge is 2.22. The predicted molar refractivity (Wildman–Crippen MR) is 116 cm³/mol. The quantitative estimate of drug-likeness (QED) is 0.257. The van der Waals surface area contributed by atoms with Crippen LogP contribution in [0.15, 0.2) is 35.3 Å². The minimum Gasteiger partial charge on any atom is -0.494 e. The Labute approximate surface area is 169 Å². The molecule has 1 aliphatic heterocycles. The Hall–Kier alpha value is -1.02. The highest BCUT2D eigenvalue weighted by molar-refractivity contribution is 14.0. The first kappa shape index (κ1) is 22.0. The van der Waals surface area contributed by atoms with Crippen LogP contribution in [0.4, 0.5) is 0 Å². The topological polar surface area (TPSA) is 48.9 Å². The highest BCUT2D eigenvalue weighted by Crippen LogP contribution is 2.16. The van der Waals surface area contributed by atoms with Crippen molar-refractivity contribution in [1.82, 2.24) is 15.5 Å². The molecule has 1 aromatic rings. The summed E-state index contributed by atoms with van der Waals surface area (Å²) in [5.74, 6) is 1.85. The molecule has 0 aliphatic carbocycles. The Kier molecular flexibility index (Phi) is 11.6. The number of hydrogen-bond donors (Lipinski definition) is 2. The van der Waals surface area contributed by atoms with Gasteiger partial charge in [-0.05, 0) is 51.4 Å². The average molecular weight is 460 g/mol. The molecule has 5 nitrogen and oxygen atoms in total. The van der Waals surface area contributed by atoms with Crippen LogP contribution in [0.25, 0.3) is 0 Å². The molecule has 1 aromatic carbocycles. The third-order valence-corrected chi connectivity index (χ3v) is 4.34. The Balaban J connectivity index is 0.00000312.